The number of anilines is 2. The molecule has 0 aliphatic heterocycles. The van der Waals surface area contributed by atoms with Crippen molar-refractivity contribution in [1.29, 1.82) is 0 Å². The molecule has 7 heteroatoms. The lowest BCUT2D eigenvalue weighted by Crippen LogP contribution is -2.05. The first-order valence-electron chi connectivity index (χ1n) is 8.17. The molecule has 1 aromatic carbocycles. The van der Waals surface area contributed by atoms with Gasteiger partial charge in [0.15, 0.2) is 11.5 Å². The summed E-state index contributed by atoms with van der Waals surface area (Å²) in [6.07, 6.45) is 7.02. The second kappa shape index (κ2) is 6.72. The number of carbonyl (C=O) groups is 1. The van der Waals surface area contributed by atoms with Crippen LogP contribution in [0.15, 0.2) is 65.7 Å². The zero-order valence-corrected chi connectivity index (χ0v) is 14.1. The number of aromatic nitrogens is 3. The molecular weight excluding hydrogens is 330 g/mol. The number of fused-ring (bicyclic) bond motifs is 1. The molecule has 0 unspecified atom stereocenters. The molecule has 0 aliphatic rings. The molecule has 1 amide bonds. The fourth-order valence-electron chi connectivity index (χ4n) is 2.80. The van der Waals surface area contributed by atoms with Gasteiger partial charge in [-0.3, -0.25) is 9.20 Å². The molecule has 0 saturated carbocycles. The van der Waals surface area contributed by atoms with E-state index < -0.39 is 0 Å². The maximum absolute atomic E-state index is 11.3. The van der Waals surface area contributed by atoms with E-state index in [2.05, 4.69) is 20.6 Å². The number of furan rings is 1. The van der Waals surface area contributed by atoms with Crippen molar-refractivity contribution in [2.24, 2.45) is 0 Å². The highest BCUT2D eigenvalue weighted by atomic mass is 16.3. The summed E-state index contributed by atoms with van der Waals surface area (Å²) >= 11 is 0. The maximum Gasteiger partial charge on any atom is 0.221 e. The largest absolute Gasteiger partial charge is 0.467 e. The van der Waals surface area contributed by atoms with Crippen molar-refractivity contribution < 1.29 is 9.21 Å². The molecule has 3 heterocycles. The van der Waals surface area contributed by atoms with Crippen molar-refractivity contribution in [2.75, 3.05) is 10.6 Å². The Kier molecular flexibility index (Phi) is 4.10. The SMILES string of the molecule is CC(=O)Nc1cccc(-c2cnc3c(NCc4ccco4)nccn23)c1. The van der Waals surface area contributed by atoms with Gasteiger partial charge in [0.1, 0.15) is 5.76 Å². The van der Waals surface area contributed by atoms with Gasteiger partial charge in [0.05, 0.1) is 24.7 Å². The van der Waals surface area contributed by atoms with Crippen molar-refractivity contribution in [1.82, 2.24) is 14.4 Å². The molecule has 2 N–H and O–H groups in total. The van der Waals surface area contributed by atoms with Gasteiger partial charge in [0.2, 0.25) is 5.91 Å². The van der Waals surface area contributed by atoms with Crippen LogP contribution in [0.1, 0.15) is 12.7 Å². The monoisotopic (exact) mass is 347 g/mol. The Labute approximate surface area is 149 Å². The van der Waals surface area contributed by atoms with E-state index in [4.69, 9.17) is 4.42 Å². The van der Waals surface area contributed by atoms with E-state index in [1.165, 1.54) is 6.92 Å². The van der Waals surface area contributed by atoms with Crippen LogP contribution in [0.4, 0.5) is 11.5 Å². The van der Waals surface area contributed by atoms with E-state index in [-0.39, 0.29) is 5.91 Å². The zero-order chi connectivity index (χ0) is 17.9. The topological polar surface area (TPSA) is 84.5 Å². The molecule has 0 atom stereocenters. The molecule has 130 valence electrons. The van der Waals surface area contributed by atoms with E-state index in [1.54, 1.807) is 18.7 Å². The first-order chi connectivity index (χ1) is 12.7. The predicted octanol–water partition coefficient (Wildman–Crippen LogP) is 3.56. The van der Waals surface area contributed by atoms with Crippen LogP contribution in [0.3, 0.4) is 0 Å². The summed E-state index contributed by atoms with van der Waals surface area (Å²) in [7, 11) is 0. The number of hydrogen-bond acceptors (Lipinski definition) is 5. The Bertz CT molecular complexity index is 1050. The third kappa shape index (κ3) is 3.14. The Morgan fingerprint density at radius 3 is 2.96 bits per heavy atom. The smallest absolute Gasteiger partial charge is 0.221 e. The van der Waals surface area contributed by atoms with E-state index in [0.29, 0.717) is 12.4 Å². The molecule has 0 aliphatic carbocycles. The molecule has 4 aromatic rings. The molecule has 0 spiro atoms. The lowest BCUT2D eigenvalue weighted by Gasteiger charge is -2.08. The number of nitrogens with zero attached hydrogens (tertiary/aromatic N) is 3. The lowest BCUT2D eigenvalue weighted by molar-refractivity contribution is -0.114. The van der Waals surface area contributed by atoms with Crippen molar-refractivity contribution in [2.45, 2.75) is 13.5 Å². The van der Waals surface area contributed by atoms with Crippen LogP contribution in [0.25, 0.3) is 16.9 Å². The number of imidazole rings is 1. The third-order valence-corrected chi connectivity index (χ3v) is 3.92. The number of rotatable bonds is 5. The van der Waals surface area contributed by atoms with Crippen molar-refractivity contribution in [3.63, 3.8) is 0 Å². The molecular formula is C19H17N5O2. The number of hydrogen-bond donors (Lipinski definition) is 2. The zero-order valence-electron chi connectivity index (χ0n) is 14.1. The van der Waals surface area contributed by atoms with Gasteiger partial charge in [-0.15, -0.1) is 0 Å². The van der Waals surface area contributed by atoms with Crippen LogP contribution >= 0.6 is 0 Å². The standard InChI is InChI=1S/C19H17N5O2/c1-13(25)23-15-5-2-4-14(10-15)17-12-22-19-18(20-7-8-24(17)19)21-11-16-6-3-9-26-16/h2-10,12H,11H2,1H3,(H,20,21)(H,23,25). The highest BCUT2D eigenvalue weighted by molar-refractivity contribution is 5.89. The molecule has 0 fully saturated rings. The minimum atomic E-state index is -0.103. The molecule has 7 nitrogen and oxygen atoms in total. The van der Waals surface area contributed by atoms with Gasteiger partial charge >= 0.3 is 0 Å². The Hall–Kier alpha value is -3.61. The quantitative estimate of drug-likeness (QED) is 0.577. The predicted molar refractivity (Wildman–Crippen MR) is 98.8 cm³/mol. The first kappa shape index (κ1) is 15.9. The van der Waals surface area contributed by atoms with Crippen LogP contribution in [-0.4, -0.2) is 20.3 Å². The summed E-state index contributed by atoms with van der Waals surface area (Å²) in [6.45, 7) is 2.02. The van der Waals surface area contributed by atoms with Crippen LogP contribution in [-0.2, 0) is 11.3 Å². The van der Waals surface area contributed by atoms with E-state index in [1.807, 2.05) is 47.0 Å². The second-order valence-electron chi connectivity index (χ2n) is 5.81. The lowest BCUT2D eigenvalue weighted by atomic mass is 10.1. The number of carbonyl (C=O) groups excluding carboxylic acids is 1. The maximum atomic E-state index is 11.3. The van der Waals surface area contributed by atoms with E-state index in [9.17, 15) is 4.79 Å². The first-order valence-corrected chi connectivity index (χ1v) is 8.17. The fourth-order valence-corrected chi connectivity index (χ4v) is 2.80. The Balaban J connectivity index is 1.67. The summed E-state index contributed by atoms with van der Waals surface area (Å²) in [5.41, 5.74) is 3.33. The van der Waals surface area contributed by atoms with Crippen LogP contribution < -0.4 is 10.6 Å². The van der Waals surface area contributed by atoms with E-state index in [0.717, 1.165) is 28.4 Å². The van der Waals surface area contributed by atoms with Gasteiger partial charge in [-0.25, -0.2) is 9.97 Å². The summed E-state index contributed by atoms with van der Waals surface area (Å²) in [6, 6.07) is 11.4. The number of nitrogens with one attached hydrogen (secondary N) is 2. The number of benzene rings is 1. The molecule has 3 aromatic heterocycles. The van der Waals surface area contributed by atoms with E-state index >= 15 is 0 Å². The van der Waals surface area contributed by atoms with Crippen LogP contribution in [0.2, 0.25) is 0 Å². The Morgan fingerprint density at radius 2 is 2.15 bits per heavy atom. The minimum Gasteiger partial charge on any atom is -0.467 e. The number of amides is 1. The van der Waals surface area contributed by atoms with Gasteiger partial charge in [0, 0.05) is 30.6 Å². The van der Waals surface area contributed by atoms with Crippen LogP contribution in [0, 0.1) is 0 Å². The van der Waals surface area contributed by atoms with Gasteiger partial charge in [-0.05, 0) is 24.3 Å². The van der Waals surface area contributed by atoms with Crippen molar-refractivity contribution in [3.05, 3.63) is 67.0 Å². The minimum absolute atomic E-state index is 0.103. The molecule has 26 heavy (non-hydrogen) atoms. The summed E-state index contributed by atoms with van der Waals surface area (Å²) in [4.78, 5) is 20.2. The Morgan fingerprint density at radius 1 is 1.23 bits per heavy atom. The third-order valence-electron chi connectivity index (χ3n) is 3.92. The average Bonchev–Trinajstić information content (AvgIpc) is 3.29. The molecule has 0 radical (unpaired) electrons. The highest BCUT2D eigenvalue weighted by Crippen LogP contribution is 2.25. The summed E-state index contributed by atoms with van der Waals surface area (Å²) < 4.78 is 7.30. The van der Waals surface area contributed by atoms with Crippen molar-refractivity contribution in [3.8, 4) is 11.3 Å². The average molecular weight is 347 g/mol. The van der Waals surface area contributed by atoms with Crippen molar-refractivity contribution >= 4 is 23.1 Å². The summed E-state index contributed by atoms with van der Waals surface area (Å²) in [5.74, 6) is 1.39. The molecule has 0 bridgehead atoms. The molecule has 0 saturated heterocycles. The van der Waals surface area contributed by atoms with Crippen LogP contribution in [0.5, 0.6) is 0 Å². The van der Waals surface area contributed by atoms with Gasteiger partial charge in [0.25, 0.3) is 0 Å². The van der Waals surface area contributed by atoms with Gasteiger partial charge in [-0.2, -0.15) is 0 Å². The van der Waals surface area contributed by atoms with Gasteiger partial charge < -0.3 is 15.1 Å². The molecule has 4 rings (SSSR count). The fraction of sp³-hybridized carbons (Fsp3) is 0.105. The summed E-state index contributed by atoms with van der Waals surface area (Å²) in [5, 5.41) is 6.05. The van der Waals surface area contributed by atoms with Gasteiger partial charge in [-0.1, -0.05) is 12.1 Å². The highest BCUT2D eigenvalue weighted by Gasteiger charge is 2.11. The normalized spacial score (nSPS) is 10.8. The second-order valence-corrected chi connectivity index (χ2v) is 5.81.